The average molecular weight is 448 g/mol. The van der Waals surface area contributed by atoms with Crippen molar-refractivity contribution in [1.82, 2.24) is 0 Å². The fraction of sp³-hybridized carbons (Fsp3) is 0.350. The zero-order chi connectivity index (χ0) is 22.5. The van der Waals surface area contributed by atoms with Crippen molar-refractivity contribution >= 4 is 39.9 Å². The maximum atomic E-state index is 12.3. The first-order valence-electron chi connectivity index (χ1n) is 9.43. The van der Waals surface area contributed by atoms with Crippen LogP contribution in [0.2, 0.25) is 0 Å². The van der Waals surface area contributed by atoms with Crippen LogP contribution < -0.4 is 10.1 Å². The molecule has 10 nitrogen and oxygen atoms in total. The van der Waals surface area contributed by atoms with Crippen LogP contribution in [0.25, 0.3) is 0 Å². The van der Waals surface area contributed by atoms with Gasteiger partial charge in [0.25, 0.3) is 5.91 Å². The van der Waals surface area contributed by atoms with Gasteiger partial charge in [-0.1, -0.05) is 0 Å². The maximum absolute atomic E-state index is 12.3. The third kappa shape index (κ3) is 5.18. The van der Waals surface area contributed by atoms with Crippen LogP contribution in [-0.2, 0) is 14.3 Å². The molecule has 0 saturated heterocycles. The zero-order valence-corrected chi connectivity index (χ0v) is 17.7. The Labute approximate surface area is 181 Å². The number of amides is 1. The Morgan fingerprint density at radius 2 is 1.97 bits per heavy atom. The Morgan fingerprint density at radius 3 is 2.58 bits per heavy atom. The highest BCUT2D eigenvalue weighted by atomic mass is 32.1. The van der Waals surface area contributed by atoms with Gasteiger partial charge >= 0.3 is 17.6 Å². The molecule has 0 radical (unpaired) electrons. The number of rotatable bonds is 9. The maximum Gasteiger partial charge on any atom is 0.341 e. The minimum Gasteiger partial charge on any atom is -0.490 e. The number of carbonyl (C=O) groups excluding carboxylic acids is 3. The number of methoxy groups -OCH3 is 1. The fourth-order valence-corrected chi connectivity index (χ4v) is 3.96. The van der Waals surface area contributed by atoms with E-state index >= 15 is 0 Å². The number of carbonyl (C=O) groups is 3. The number of benzene rings is 1. The molecule has 1 aliphatic rings. The van der Waals surface area contributed by atoms with Gasteiger partial charge in [0, 0.05) is 6.07 Å². The summed E-state index contributed by atoms with van der Waals surface area (Å²) in [4.78, 5) is 47.2. The molecule has 0 unspecified atom stereocenters. The Bertz CT molecular complexity index is 1030. The van der Waals surface area contributed by atoms with E-state index in [9.17, 15) is 24.5 Å². The normalized spacial score (nSPS) is 12.7. The summed E-state index contributed by atoms with van der Waals surface area (Å²) in [5.41, 5.74) is 0.687. The van der Waals surface area contributed by atoms with Crippen LogP contribution in [0.1, 0.15) is 52.0 Å². The standard InChI is InChI=1S/C20H20N2O8S/c1-3-29-20(25)17-13(11-4-5-11)10-31-18(17)21-16(23)9-30-19(24)12-6-7-15(28-2)14(8-12)22(26)27/h6-8,10-11H,3-5,9H2,1-2H3,(H,21,23). The molecule has 1 saturated carbocycles. The average Bonchev–Trinajstić information content (AvgIpc) is 3.51. The second-order valence-electron chi connectivity index (χ2n) is 6.66. The van der Waals surface area contributed by atoms with E-state index in [0.29, 0.717) is 10.6 Å². The Hall–Kier alpha value is -3.47. The third-order valence-corrected chi connectivity index (χ3v) is 5.43. The van der Waals surface area contributed by atoms with Gasteiger partial charge in [-0.2, -0.15) is 0 Å². The van der Waals surface area contributed by atoms with Gasteiger partial charge in [-0.05, 0) is 48.8 Å². The molecule has 3 rings (SSSR count). The summed E-state index contributed by atoms with van der Waals surface area (Å²) in [6, 6.07) is 3.58. The lowest BCUT2D eigenvalue weighted by Gasteiger charge is -2.09. The predicted octanol–water partition coefficient (Wildman–Crippen LogP) is 3.51. The van der Waals surface area contributed by atoms with Crippen LogP contribution in [-0.4, -0.2) is 43.1 Å². The smallest absolute Gasteiger partial charge is 0.341 e. The highest BCUT2D eigenvalue weighted by Crippen LogP contribution is 2.46. The largest absolute Gasteiger partial charge is 0.490 e. The van der Waals surface area contributed by atoms with E-state index in [1.807, 2.05) is 5.38 Å². The van der Waals surface area contributed by atoms with Gasteiger partial charge in [0.1, 0.15) is 5.00 Å². The third-order valence-electron chi connectivity index (χ3n) is 4.51. The highest BCUT2D eigenvalue weighted by Gasteiger charge is 2.32. The number of esters is 2. The van der Waals surface area contributed by atoms with Gasteiger partial charge in [0.05, 0.1) is 29.8 Å². The molecule has 0 bridgehead atoms. The lowest BCUT2D eigenvalue weighted by atomic mass is 10.1. The van der Waals surface area contributed by atoms with Crippen molar-refractivity contribution in [2.24, 2.45) is 0 Å². The van der Waals surface area contributed by atoms with E-state index in [-0.39, 0.29) is 23.8 Å². The molecule has 11 heteroatoms. The van der Waals surface area contributed by atoms with Gasteiger partial charge in [-0.15, -0.1) is 11.3 Å². The van der Waals surface area contributed by atoms with Crippen LogP contribution >= 0.6 is 11.3 Å². The molecule has 0 atom stereocenters. The summed E-state index contributed by atoms with van der Waals surface area (Å²) in [6.45, 7) is 1.28. The summed E-state index contributed by atoms with van der Waals surface area (Å²) in [5.74, 6) is -1.79. The van der Waals surface area contributed by atoms with Crippen molar-refractivity contribution in [3.8, 4) is 5.75 Å². The summed E-state index contributed by atoms with van der Waals surface area (Å²) in [6.07, 6.45) is 1.95. The van der Waals surface area contributed by atoms with E-state index in [4.69, 9.17) is 14.2 Å². The topological polar surface area (TPSA) is 134 Å². The molecule has 2 aromatic rings. The van der Waals surface area contributed by atoms with Gasteiger partial charge < -0.3 is 19.5 Å². The number of hydrogen-bond donors (Lipinski definition) is 1. The lowest BCUT2D eigenvalue weighted by molar-refractivity contribution is -0.385. The summed E-state index contributed by atoms with van der Waals surface area (Å²) < 4.78 is 14.9. The van der Waals surface area contributed by atoms with Gasteiger partial charge in [-0.25, -0.2) is 9.59 Å². The summed E-state index contributed by atoms with van der Waals surface area (Å²) in [5, 5.41) is 15.8. The second kappa shape index (κ2) is 9.56. The summed E-state index contributed by atoms with van der Waals surface area (Å²) >= 11 is 1.20. The van der Waals surface area contributed by atoms with E-state index in [2.05, 4.69) is 5.32 Å². The Kier molecular flexibility index (Phi) is 6.85. The minimum absolute atomic E-state index is 0.00468. The number of nitro benzene ring substituents is 1. The van der Waals surface area contributed by atoms with Crippen molar-refractivity contribution in [2.75, 3.05) is 25.6 Å². The fourth-order valence-electron chi connectivity index (χ4n) is 2.91. The van der Waals surface area contributed by atoms with E-state index < -0.39 is 35.1 Å². The molecule has 1 fully saturated rings. The molecule has 164 valence electrons. The quantitative estimate of drug-likeness (QED) is 0.350. The molecule has 0 aliphatic heterocycles. The molecule has 1 aromatic carbocycles. The first-order chi connectivity index (χ1) is 14.8. The molecule has 1 amide bonds. The molecule has 31 heavy (non-hydrogen) atoms. The number of nitrogens with zero attached hydrogens (tertiary/aromatic N) is 1. The number of nitrogens with one attached hydrogen (secondary N) is 1. The Balaban J connectivity index is 1.66. The molecule has 1 N–H and O–H groups in total. The first kappa shape index (κ1) is 22.2. The number of ether oxygens (including phenoxy) is 3. The van der Waals surface area contributed by atoms with Gasteiger partial charge in [0.15, 0.2) is 12.4 Å². The van der Waals surface area contributed by atoms with E-state index in [0.717, 1.165) is 24.5 Å². The van der Waals surface area contributed by atoms with Crippen LogP contribution in [0, 0.1) is 10.1 Å². The number of nitro groups is 1. The molecule has 1 aliphatic carbocycles. The predicted molar refractivity (Wildman–Crippen MR) is 111 cm³/mol. The van der Waals surface area contributed by atoms with Crippen molar-refractivity contribution in [2.45, 2.75) is 25.7 Å². The number of thiophene rings is 1. The Morgan fingerprint density at radius 1 is 1.23 bits per heavy atom. The molecule has 1 heterocycles. The first-order valence-corrected chi connectivity index (χ1v) is 10.3. The number of hydrogen-bond acceptors (Lipinski definition) is 9. The van der Waals surface area contributed by atoms with E-state index in [1.54, 1.807) is 6.92 Å². The van der Waals surface area contributed by atoms with Crippen LogP contribution in [0.4, 0.5) is 10.7 Å². The van der Waals surface area contributed by atoms with Crippen molar-refractivity contribution in [3.63, 3.8) is 0 Å². The number of anilines is 1. The summed E-state index contributed by atoms with van der Waals surface area (Å²) in [7, 11) is 1.27. The van der Waals surface area contributed by atoms with E-state index in [1.165, 1.54) is 30.6 Å². The highest BCUT2D eigenvalue weighted by molar-refractivity contribution is 7.15. The van der Waals surface area contributed by atoms with Gasteiger partial charge in [0.2, 0.25) is 0 Å². The minimum atomic E-state index is -0.906. The lowest BCUT2D eigenvalue weighted by Crippen LogP contribution is -2.22. The SMILES string of the molecule is CCOC(=O)c1c(C2CC2)csc1NC(=O)COC(=O)c1ccc(OC)c([N+](=O)[O-])c1. The molecule has 0 spiro atoms. The van der Waals surface area contributed by atoms with Crippen LogP contribution in [0.15, 0.2) is 23.6 Å². The second-order valence-corrected chi connectivity index (χ2v) is 7.54. The van der Waals surface area contributed by atoms with Crippen LogP contribution in [0.3, 0.4) is 0 Å². The van der Waals surface area contributed by atoms with Crippen molar-refractivity contribution < 1.29 is 33.5 Å². The molecular weight excluding hydrogens is 428 g/mol. The van der Waals surface area contributed by atoms with Crippen LogP contribution in [0.5, 0.6) is 5.75 Å². The van der Waals surface area contributed by atoms with Crippen molar-refractivity contribution in [1.29, 1.82) is 0 Å². The zero-order valence-electron chi connectivity index (χ0n) is 16.8. The monoisotopic (exact) mass is 448 g/mol. The van der Waals surface area contributed by atoms with Crippen molar-refractivity contribution in [3.05, 3.63) is 50.4 Å². The molecule has 1 aromatic heterocycles. The van der Waals surface area contributed by atoms with Gasteiger partial charge in [-0.3, -0.25) is 14.9 Å². The molecular formula is C20H20N2O8S.